The monoisotopic (exact) mass is 260 g/mol. The van der Waals surface area contributed by atoms with Crippen LogP contribution in [-0.2, 0) is 6.54 Å². The number of hydrogen-bond acceptors (Lipinski definition) is 4. The molecule has 0 radical (unpaired) electrons. The van der Waals surface area contributed by atoms with E-state index in [1.807, 2.05) is 13.0 Å². The first-order valence-electron chi connectivity index (χ1n) is 7.59. The summed E-state index contributed by atoms with van der Waals surface area (Å²) in [6, 6.07) is 2.65. The lowest BCUT2D eigenvalue weighted by Crippen LogP contribution is -2.36. The van der Waals surface area contributed by atoms with Crippen LogP contribution in [0.5, 0.6) is 0 Å². The molecule has 2 heterocycles. The molecular weight excluding hydrogens is 236 g/mol. The smallest absolute Gasteiger partial charge is 0.226 e. The van der Waals surface area contributed by atoms with Crippen LogP contribution in [0.25, 0.3) is 0 Å². The molecule has 0 aromatic carbocycles. The lowest BCUT2D eigenvalue weighted by atomic mass is 9.96. The molecule has 1 aliphatic carbocycles. The highest BCUT2D eigenvalue weighted by atomic mass is 15.3. The van der Waals surface area contributed by atoms with Crippen LogP contribution in [-0.4, -0.2) is 22.6 Å². The minimum Gasteiger partial charge on any atom is -0.338 e. The summed E-state index contributed by atoms with van der Waals surface area (Å²) in [6.45, 7) is 3.64. The Kier molecular flexibility index (Phi) is 3.69. The van der Waals surface area contributed by atoms with Crippen LogP contribution in [0.4, 0.5) is 5.95 Å². The summed E-state index contributed by atoms with van der Waals surface area (Å²) in [5.74, 6) is 1.77. The van der Waals surface area contributed by atoms with Gasteiger partial charge in [-0.15, -0.1) is 0 Å². The Morgan fingerprint density at radius 3 is 2.74 bits per heavy atom. The van der Waals surface area contributed by atoms with E-state index in [1.54, 1.807) is 0 Å². The SMILES string of the molecule is Cc1cc(CN)nc(N2CCCC2C2CCCC2)n1. The molecule has 1 unspecified atom stereocenters. The third-order valence-electron chi connectivity index (χ3n) is 4.60. The fourth-order valence-corrected chi connectivity index (χ4v) is 3.72. The molecular formula is C15H24N4. The normalized spacial score (nSPS) is 24.3. The van der Waals surface area contributed by atoms with Crippen molar-refractivity contribution in [2.75, 3.05) is 11.4 Å². The molecule has 104 valence electrons. The first-order valence-corrected chi connectivity index (χ1v) is 7.59. The van der Waals surface area contributed by atoms with Crippen molar-refractivity contribution in [2.45, 2.75) is 58.0 Å². The molecule has 1 aromatic rings. The Bertz CT molecular complexity index is 440. The first-order chi connectivity index (χ1) is 9.28. The lowest BCUT2D eigenvalue weighted by Gasteiger charge is -2.29. The molecule has 3 rings (SSSR count). The van der Waals surface area contributed by atoms with E-state index in [0.29, 0.717) is 12.6 Å². The average Bonchev–Trinajstić information content (AvgIpc) is 3.08. The molecule has 2 N–H and O–H groups in total. The number of hydrogen-bond donors (Lipinski definition) is 1. The van der Waals surface area contributed by atoms with Gasteiger partial charge < -0.3 is 10.6 Å². The summed E-state index contributed by atoms with van der Waals surface area (Å²) < 4.78 is 0. The molecule has 1 atom stereocenters. The third kappa shape index (κ3) is 2.59. The second-order valence-electron chi connectivity index (χ2n) is 5.95. The molecule has 2 fully saturated rings. The van der Waals surface area contributed by atoms with Crippen LogP contribution in [0.3, 0.4) is 0 Å². The third-order valence-corrected chi connectivity index (χ3v) is 4.60. The largest absolute Gasteiger partial charge is 0.338 e. The molecule has 0 spiro atoms. The minimum atomic E-state index is 0.498. The minimum absolute atomic E-state index is 0.498. The highest BCUT2D eigenvalue weighted by Gasteiger charge is 2.34. The summed E-state index contributed by atoms with van der Waals surface area (Å²) in [7, 11) is 0. The molecule has 0 bridgehead atoms. The number of nitrogens with two attached hydrogens (primary N) is 1. The van der Waals surface area contributed by atoms with Gasteiger partial charge >= 0.3 is 0 Å². The Hall–Kier alpha value is -1.16. The first kappa shape index (κ1) is 12.9. The van der Waals surface area contributed by atoms with Crippen LogP contribution >= 0.6 is 0 Å². The molecule has 1 saturated carbocycles. The van der Waals surface area contributed by atoms with Gasteiger partial charge in [0.1, 0.15) is 0 Å². The average molecular weight is 260 g/mol. The lowest BCUT2D eigenvalue weighted by molar-refractivity contribution is 0.427. The maximum atomic E-state index is 5.73. The van der Waals surface area contributed by atoms with Crippen molar-refractivity contribution in [3.05, 3.63) is 17.5 Å². The van der Waals surface area contributed by atoms with Crippen LogP contribution in [0, 0.1) is 12.8 Å². The van der Waals surface area contributed by atoms with Crippen molar-refractivity contribution in [2.24, 2.45) is 11.7 Å². The van der Waals surface area contributed by atoms with Crippen LogP contribution in [0.15, 0.2) is 6.07 Å². The van der Waals surface area contributed by atoms with Crippen LogP contribution in [0.2, 0.25) is 0 Å². The molecule has 1 aliphatic heterocycles. The molecule has 2 aliphatic rings. The van der Waals surface area contributed by atoms with E-state index in [0.717, 1.165) is 29.8 Å². The summed E-state index contributed by atoms with van der Waals surface area (Å²) in [5.41, 5.74) is 7.72. The number of anilines is 1. The van der Waals surface area contributed by atoms with Gasteiger partial charge in [0.15, 0.2) is 0 Å². The fourth-order valence-electron chi connectivity index (χ4n) is 3.72. The standard InChI is InChI=1S/C15H24N4/c1-11-9-13(10-16)18-15(17-11)19-8-4-7-14(19)12-5-2-3-6-12/h9,12,14H,2-8,10,16H2,1H3. The van der Waals surface area contributed by atoms with E-state index in [1.165, 1.54) is 38.5 Å². The van der Waals surface area contributed by atoms with E-state index in [4.69, 9.17) is 5.73 Å². The van der Waals surface area contributed by atoms with Crippen LogP contribution < -0.4 is 10.6 Å². The van der Waals surface area contributed by atoms with Crippen molar-refractivity contribution < 1.29 is 0 Å². The molecule has 1 saturated heterocycles. The van der Waals surface area contributed by atoms with E-state index < -0.39 is 0 Å². The van der Waals surface area contributed by atoms with Gasteiger partial charge in [0.25, 0.3) is 0 Å². The quantitative estimate of drug-likeness (QED) is 0.906. The Balaban J connectivity index is 1.85. The van der Waals surface area contributed by atoms with Crippen molar-refractivity contribution in [1.82, 2.24) is 9.97 Å². The van der Waals surface area contributed by atoms with Gasteiger partial charge in [-0.05, 0) is 44.6 Å². The number of rotatable bonds is 3. The number of aryl methyl sites for hydroxylation is 1. The van der Waals surface area contributed by atoms with Crippen molar-refractivity contribution in [3.63, 3.8) is 0 Å². The fraction of sp³-hybridized carbons (Fsp3) is 0.733. The summed E-state index contributed by atoms with van der Waals surface area (Å²) in [6.07, 6.45) is 8.15. The van der Waals surface area contributed by atoms with Crippen molar-refractivity contribution in [3.8, 4) is 0 Å². The van der Waals surface area contributed by atoms with Crippen molar-refractivity contribution in [1.29, 1.82) is 0 Å². The highest BCUT2D eigenvalue weighted by Crippen LogP contribution is 2.36. The second-order valence-corrected chi connectivity index (χ2v) is 5.95. The zero-order valence-electron chi connectivity index (χ0n) is 11.8. The van der Waals surface area contributed by atoms with Gasteiger partial charge in [0, 0.05) is 24.8 Å². The number of nitrogens with zero attached hydrogens (tertiary/aromatic N) is 3. The number of aromatic nitrogens is 2. The summed E-state index contributed by atoms with van der Waals surface area (Å²) in [4.78, 5) is 11.7. The van der Waals surface area contributed by atoms with Gasteiger partial charge in [-0.25, -0.2) is 9.97 Å². The van der Waals surface area contributed by atoms with E-state index in [2.05, 4.69) is 14.9 Å². The van der Waals surface area contributed by atoms with Crippen LogP contribution in [0.1, 0.15) is 49.9 Å². The van der Waals surface area contributed by atoms with Gasteiger partial charge in [0.2, 0.25) is 5.95 Å². The Morgan fingerprint density at radius 2 is 2.00 bits per heavy atom. The van der Waals surface area contributed by atoms with Gasteiger partial charge in [-0.2, -0.15) is 0 Å². The molecule has 4 nitrogen and oxygen atoms in total. The molecule has 1 aromatic heterocycles. The van der Waals surface area contributed by atoms with Gasteiger partial charge in [0.05, 0.1) is 5.69 Å². The molecule has 0 amide bonds. The summed E-state index contributed by atoms with van der Waals surface area (Å²) >= 11 is 0. The van der Waals surface area contributed by atoms with E-state index in [9.17, 15) is 0 Å². The highest BCUT2D eigenvalue weighted by molar-refractivity contribution is 5.36. The predicted octanol–water partition coefficient (Wildman–Crippen LogP) is 2.40. The molecule has 4 heteroatoms. The maximum Gasteiger partial charge on any atom is 0.226 e. The van der Waals surface area contributed by atoms with Gasteiger partial charge in [-0.1, -0.05) is 12.8 Å². The Labute approximate surface area is 115 Å². The van der Waals surface area contributed by atoms with E-state index >= 15 is 0 Å². The maximum absolute atomic E-state index is 5.73. The molecule has 19 heavy (non-hydrogen) atoms. The summed E-state index contributed by atoms with van der Waals surface area (Å²) in [5, 5.41) is 0. The van der Waals surface area contributed by atoms with E-state index in [-0.39, 0.29) is 0 Å². The second kappa shape index (κ2) is 5.45. The zero-order chi connectivity index (χ0) is 13.2. The predicted molar refractivity (Wildman–Crippen MR) is 77.0 cm³/mol. The van der Waals surface area contributed by atoms with Gasteiger partial charge in [-0.3, -0.25) is 0 Å². The zero-order valence-corrected chi connectivity index (χ0v) is 11.8. The van der Waals surface area contributed by atoms with Crippen molar-refractivity contribution >= 4 is 5.95 Å². The topological polar surface area (TPSA) is 55.0 Å². The Morgan fingerprint density at radius 1 is 1.21 bits per heavy atom.